The summed E-state index contributed by atoms with van der Waals surface area (Å²) in [5.41, 5.74) is 0.923. The first-order valence-corrected chi connectivity index (χ1v) is 6.04. The van der Waals surface area contributed by atoms with E-state index in [4.69, 9.17) is 16.7 Å². The van der Waals surface area contributed by atoms with Crippen LogP contribution in [0.25, 0.3) is 6.08 Å². The van der Waals surface area contributed by atoms with Crippen molar-refractivity contribution < 1.29 is 14.7 Å². The van der Waals surface area contributed by atoms with Gasteiger partial charge in [-0.3, -0.25) is 4.79 Å². The number of carboxylic acids is 1. The summed E-state index contributed by atoms with van der Waals surface area (Å²) in [4.78, 5) is 22.4. The first-order chi connectivity index (χ1) is 7.93. The summed E-state index contributed by atoms with van der Waals surface area (Å²) in [5.74, 6) is -1.31. The number of aliphatic carboxylic acids is 1. The fraction of sp³-hybridized carbons (Fsp3) is 0.167. The van der Waals surface area contributed by atoms with Crippen molar-refractivity contribution in [3.63, 3.8) is 0 Å². The highest BCUT2D eigenvalue weighted by Crippen LogP contribution is 2.24. The lowest BCUT2D eigenvalue weighted by Gasteiger charge is -2.08. The minimum Gasteiger partial charge on any atom is -0.478 e. The Hall–Kier alpha value is -1.13. The van der Waals surface area contributed by atoms with Crippen molar-refractivity contribution in [2.75, 3.05) is 0 Å². The Balaban J connectivity index is 3.27. The van der Waals surface area contributed by atoms with Crippen LogP contribution in [0.1, 0.15) is 22.8 Å². The number of carbonyl (C=O) groups is 2. The third-order valence-electron chi connectivity index (χ3n) is 2.06. The van der Waals surface area contributed by atoms with Crippen LogP contribution in [0.4, 0.5) is 0 Å². The Morgan fingerprint density at radius 1 is 1.47 bits per heavy atom. The third-order valence-corrected chi connectivity index (χ3v) is 2.92. The van der Waals surface area contributed by atoms with Crippen molar-refractivity contribution in [2.45, 2.75) is 12.3 Å². The molecule has 1 unspecified atom stereocenters. The monoisotopic (exact) mass is 316 g/mol. The zero-order chi connectivity index (χ0) is 13.0. The molecule has 1 N–H and O–H groups in total. The van der Waals surface area contributed by atoms with Crippen molar-refractivity contribution in [3.8, 4) is 0 Å². The van der Waals surface area contributed by atoms with Crippen LogP contribution in [-0.4, -0.2) is 22.2 Å². The summed E-state index contributed by atoms with van der Waals surface area (Å²) < 4.78 is 0.600. The Labute approximate surface area is 112 Å². The molecule has 17 heavy (non-hydrogen) atoms. The van der Waals surface area contributed by atoms with Gasteiger partial charge < -0.3 is 5.11 Å². The van der Waals surface area contributed by atoms with E-state index < -0.39 is 11.3 Å². The second-order valence-electron chi connectivity index (χ2n) is 3.36. The molecule has 1 aromatic rings. The van der Waals surface area contributed by atoms with E-state index in [1.807, 2.05) is 0 Å². The molecule has 1 aromatic carbocycles. The van der Waals surface area contributed by atoms with Crippen LogP contribution >= 0.6 is 27.5 Å². The molecule has 0 radical (unpaired) electrons. The average molecular weight is 318 g/mol. The molecule has 0 bridgehead atoms. The van der Waals surface area contributed by atoms with Gasteiger partial charge in [-0.15, -0.1) is 11.6 Å². The van der Waals surface area contributed by atoms with Gasteiger partial charge in [-0.1, -0.05) is 28.1 Å². The fourth-order valence-corrected chi connectivity index (χ4v) is 1.99. The highest BCUT2D eigenvalue weighted by atomic mass is 79.9. The highest BCUT2D eigenvalue weighted by Gasteiger charge is 2.18. The number of alkyl halides is 1. The summed E-state index contributed by atoms with van der Waals surface area (Å²) in [6, 6.07) is 5.10. The van der Waals surface area contributed by atoms with Crippen molar-refractivity contribution in [3.05, 3.63) is 39.9 Å². The zero-order valence-corrected chi connectivity index (χ0v) is 11.3. The van der Waals surface area contributed by atoms with Gasteiger partial charge in [0.15, 0.2) is 5.78 Å². The molecule has 0 amide bonds. The Morgan fingerprint density at radius 3 is 2.65 bits per heavy atom. The van der Waals surface area contributed by atoms with Crippen molar-refractivity contribution in [1.29, 1.82) is 0 Å². The number of carboxylic acid groups (broad SMARTS) is 1. The molecular weight excluding hydrogens is 307 g/mol. The zero-order valence-electron chi connectivity index (χ0n) is 8.98. The predicted molar refractivity (Wildman–Crippen MR) is 70.5 cm³/mol. The number of Topliss-reactive ketones (excluding diaryl/α,β-unsaturated/α-hetero) is 1. The minimum absolute atomic E-state index is 0.246. The Kier molecular flexibility index (Phi) is 4.90. The lowest BCUT2D eigenvalue weighted by molar-refractivity contribution is -0.131. The molecule has 0 aliphatic heterocycles. The number of rotatable bonds is 4. The summed E-state index contributed by atoms with van der Waals surface area (Å²) in [6.07, 6.45) is 2.36. The summed E-state index contributed by atoms with van der Waals surface area (Å²) in [7, 11) is 0. The van der Waals surface area contributed by atoms with E-state index in [2.05, 4.69) is 15.9 Å². The van der Waals surface area contributed by atoms with Gasteiger partial charge in [0, 0.05) is 16.1 Å². The van der Waals surface area contributed by atoms with E-state index in [0.29, 0.717) is 15.6 Å². The molecule has 90 valence electrons. The van der Waals surface area contributed by atoms with Crippen molar-refractivity contribution in [1.82, 2.24) is 0 Å². The third kappa shape index (κ3) is 3.68. The number of benzene rings is 1. The van der Waals surface area contributed by atoms with Crippen LogP contribution in [0.15, 0.2) is 28.7 Å². The number of halogens is 2. The average Bonchev–Trinajstić information content (AvgIpc) is 2.25. The van der Waals surface area contributed by atoms with Crippen LogP contribution in [0.5, 0.6) is 0 Å². The number of hydrogen-bond donors (Lipinski definition) is 1. The molecule has 0 aliphatic rings. The quantitative estimate of drug-likeness (QED) is 0.526. The van der Waals surface area contributed by atoms with E-state index in [1.54, 1.807) is 25.1 Å². The van der Waals surface area contributed by atoms with Gasteiger partial charge in [0.25, 0.3) is 0 Å². The maximum atomic E-state index is 11.9. The van der Waals surface area contributed by atoms with Crippen LogP contribution in [0.2, 0.25) is 0 Å². The second-order valence-corrected chi connectivity index (χ2v) is 4.86. The molecule has 0 aromatic heterocycles. The van der Waals surface area contributed by atoms with Gasteiger partial charge in [-0.25, -0.2) is 4.79 Å². The first-order valence-electron chi connectivity index (χ1n) is 4.81. The summed E-state index contributed by atoms with van der Waals surface area (Å²) in [5, 5.41) is 7.91. The van der Waals surface area contributed by atoms with E-state index in [9.17, 15) is 9.59 Å². The predicted octanol–water partition coefficient (Wildman–Crippen LogP) is 3.36. The molecular formula is C12H10BrClO3. The molecule has 1 rings (SSSR count). The second kappa shape index (κ2) is 5.98. The Bertz CT molecular complexity index is 481. The standard InChI is InChI=1S/C12H10BrClO3/c1-7(14)12(17)11-8(5-6-10(15)16)3-2-4-9(11)13/h2-7H,1H3,(H,15,16)/b6-5+. The summed E-state index contributed by atoms with van der Waals surface area (Å²) >= 11 is 9.02. The van der Waals surface area contributed by atoms with E-state index in [1.165, 1.54) is 6.08 Å². The minimum atomic E-state index is -1.07. The largest absolute Gasteiger partial charge is 0.478 e. The van der Waals surface area contributed by atoms with Gasteiger partial charge in [0.1, 0.15) is 0 Å². The fourth-order valence-electron chi connectivity index (χ4n) is 1.30. The molecule has 0 aliphatic carbocycles. The van der Waals surface area contributed by atoms with Gasteiger partial charge in [0.2, 0.25) is 0 Å². The van der Waals surface area contributed by atoms with Crippen LogP contribution in [-0.2, 0) is 4.79 Å². The topological polar surface area (TPSA) is 54.4 Å². The van der Waals surface area contributed by atoms with Gasteiger partial charge in [-0.2, -0.15) is 0 Å². The smallest absolute Gasteiger partial charge is 0.328 e. The number of hydrogen-bond acceptors (Lipinski definition) is 2. The lowest BCUT2D eigenvalue weighted by atomic mass is 10.0. The maximum Gasteiger partial charge on any atom is 0.328 e. The van der Waals surface area contributed by atoms with Gasteiger partial charge in [-0.05, 0) is 24.6 Å². The molecule has 0 heterocycles. The number of carbonyl (C=O) groups excluding carboxylic acids is 1. The van der Waals surface area contributed by atoms with E-state index in [-0.39, 0.29) is 5.78 Å². The van der Waals surface area contributed by atoms with E-state index in [0.717, 1.165) is 6.08 Å². The van der Waals surface area contributed by atoms with Gasteiger partial charge in [0.05, 0.1) is 5.38 Å². The first kappa shape index (κ1) is 13.9. The molecule has 5 heteroatoms. The molecule has 0 spiro atoms. The highest BCUT2D eigenvalue weighted by molar-refractivity contribution is 9.10. The normalized spacial score (nSPS) is 12.6. The molecule has 3 nitrogen and oxygen atoms in total. The molecule has 0 fully saturated rings. The van der Waals surface area contributed by atoms with Crippen LogP contribution in [0.3, 0.4) is 0 Å². The molecule has 1 atom stereocenters. The molecule has 0 saturated carbocycles. The maximum absolute atomic E-state index is 11.9. The SMILES string of the molecule is CC(Cl)C(=O)c1c(Br)cccc1/C=C/C(=O)O. The summed E-state index contributed by atoms with van der Waals surface area (Å²) in [6.45, 7) is 1.58. The van der Waals surface area contributed by atoms with E-state index >= 15 is 0 Å². The lowest BCUT2D eigenvalue weighted by Crippen LogP contribution is -2.12. The van der Waals surface area contributed by atoms with Crippen LogP contribution < -0.4 is 0 Å². The van der Waals surface area contributed by atoms with Crippen LogP contribution in [0, 0.1) is 0 Å². The number of ketones is 1. The van der Waals surface area contributed by atoms with Crippen molar-refractivity contribution >= 4 is 45.4 Å². The molecule has 0 saturated heterocycles. The van der Waals surface area contributed by atoms with Crippen molar-refractivity contribution in [2.24, 2.45) is 0 Å². The Morgan fingerprint density at radius 2 is 2.12 bits per heavy atom. The van der Waals surface area contributed by atoms with Gasteiger partial charge >= 0.3 is 5.97 Å².